The number of benzene rings is 1. The second kappa shape index (κ2) is 6.85. The van der Waals surface area contributed by atoms with Crippen LogP contribution in [0.15, 0.2) is 18.2 Å². The Hall–Kier alpha value is -0.680. The average Bonchev–Trinajstić information content (AvgIpc) is 2.38. The Bertz CT molecular complexity index is 455. The van der Waals surface area contributed by atoms with E-state index in [2.05, 4.69) is 23.9 Å². The Kier molecular flexibility index (Phi) is 5.38. The van der Waals surface area contributed by atoms with Crippen molar-refractivity contribution in [2.24, 2.45) is 5.73 Å². The largest absolute Gasteiger partial charge is 0.327 e. The molecule has 1 aromatic rings. The van der Waals surface area contributed by atoms with Crippen molar-refractivity contribution in [1.29, 1.82) is 0 Å². The summed E-state index contributed by atoms with van der Waals surface area (Å²) in [6.45, 7) is 3.24. The summed E-state index contributed by atoms with van der Waals surface area (Å²) in [4.78, 5) is 4.71. The van der Waals surface area contributed by atoms with Gasteiger partial charge in [-0.15, -0.1) is 0 Å². The zero-order valence-electron chi connectivity index (χ0n) is 12.1. The molecule has 0 aromatic heterocycles. The highest BCUT2D eigenvalue weighted by atomic mass is 35.5. The van der Waals surface area contributed by atoms with Gasteiger partial charge in [0.1, 0.15) is 5.82 Å². The first-order valence-corrected chi connectivity index (χ1v) is 7.42. The van der Waals surface area contributed by atoms with Crippen LogP contribution in [0.5, 0.6) is 0 Å². The smallest absolute Gasteiger partial charge is 0.141 e. The molecule has 0 bridgehead atoms. The van der Waals surface area contributed by atoms with E-state index in [4.69, 9.17) is 17.3 Å². The highest BCUT2D eigenvalue weighted by molar-refractivity contribution is 6.30. The van der Waals surface area contributed by atoms with Crippen LogP contribution in [0.2, 0.25) is 5.02 Å². The predicted molar refractivity (Wildman–Crippen MR) is 81.6 cm³/mol. The molecule has 2 rings (SSSR count). The van der Waals surface area contributed by atoms with E-state index in [-0.39, 0.29) is 16.9 Å². The van der Waals surface area contributed by atoms with E-state index in [0.717, 1.165) is 38.0 Å². The first-order chi connectivity index (χ1) is 9.45. The van der Waals surface area contributed by atoms with E-state index >= 15 is 0 Å². The summed E-state index contributed by atoms with van der Waals surface area (Å²) in [6.07, 6.45) is 1.67. The van der Waals surface area contributed by atoms with Crippen LogP contribution in [0.1, 0.15) is 12.0 Å². The molecule has 1 heterocycles. The third-order valence-electron chi connectivity index (χ3n) is 4.04. The van der Waals surface area contributed by atoms with E-state index < -0.39 is 0 Å². The molecule has 0 amide bonds. The van der Waals surface area contributed by atoms with Gasteiger partial charge in [0.05, 0.1) is 5.02 Å². The molecule has 0 radical (unpaired) electrons. The normalized spacial score (nSPS) is 22.9. The molecule has 0 spiro atoms. The van der Waals surface area contributed by atoms with Gasteiger partial charge in [0, 0.05) is 31.7 Å². The maximum Gasteiger partial charge on any atom is 0.141 e. The molecule has 0 saturated carbocycles. The van der Waals surface area contributed by atoms with Gasteiger partial charge >= 0.3 is 0 Å². The van der Waals surface area contributed by atoms with E-state index in [0.29, 0.717) is 6.04 Å². The third-order valence-corrected chi connectivity index (χ3v) is 4.33. The second-order valence-corrected chi connectivity index (χ2v) is 6.25. The van der Waals surface area contributed by atoms with Gasteiger partial charge in [0.2, 0.25) is 0 Å². The quantitative estimate of drug-likeness (QED) is 0.923. The minimum absolute atomic E-state index is 0.0653. The molecule has 0 aliphatic carbocycles. The summed E-state index contributed by atoms with van der Waals surface area (Å²) in [5.74, 6) is -0.377. The number of hydrogen-bond acceptors (Lipinski definition) is 3. The summed E-state index contributed by atoms with van der Waals surface area (Å²) in [7, 11) is 4.30. The molecular weight excluding hydrogens is 277 g/mol. The highest BCUT2D eigenvalue weighted by Crippen LogP contribution is 2.18. The number of likely N-dealkylation sites (N-methyl/N-ethyl adjacent to an activating group) is 2. The monoisotopic (exact) mass is 299 g/mol. The van der Waals surface area contributed by atoms with Gasteiger partial charge in [-0.25, -0.2) is 4.39 Å². The van der Waals surface area contributed by atoms with Crippen LogP contribution in [0, 0.1) is 5.82 Å². The lowest BCUT2D eigenvalue weighted by molar-refractivity contribution is 0.104. The summed E-state index contributed by atoms with van der Waals surface area (Å²) >= 11 is 5.80. The Balaban J connectivity index is 1.91. The third kappa shape index (κ3) is 4.16. The average molecular weight is 300 g/mol. The van der Waals surface area contributed by atoms with E-state index in [1.807, 2.05) is 0 Å². The Labute approximate surface area is 125 Å². The van der Waals surface area contributed by atoms with E-state index in [1.54, 1.807) is 12.1 Å². The SMILES string of the molecule is CN1CCN(C)C(CC(N)Cc2ccc(F)c(Cl)c2)C1. The first-order valence-electron chi connectivity index (χ1n) is 7.04. The van der Waals surface area contributed by atoms with Gasteiger partial charge in [-0.05, 0) is 44.6 Å². The molecule has 20 heavy (non-hydrogen) atoms. The van der Waals surface area contributed by atoms with Gasteiger partial charge in [0.25, 0.3) is 0 Å². The molecule has 1 aliphatic rings. The zero-order chi connectivity index (χ0) is 14.7. The van der Waals surface area contributed by atoms with Crippen molar-refractivity contribution in [2.75, 3.05) is 33.7 Å². The van der Waals surface area contributed by atoms with E-state index in [1.165, 1.54) is 6.07 Å². The van der Waals surface area contributed by atoms with Crippen molar-refractivity contribution in [1.82, 2.24) is 9.80 Å². The van der Waals surface area contributed by atoms with Crippen LogP contribution in [0.3, 0.4) is 0 Å². The summed E-state index contributed by atoms with van der Waals surface area (Å²) in [5, 5.41) is 0.171. The van der Waals surface area contributed by atoms with Gasteiger partial charge in [-0.3, -0.25) is 0 Å². The molecule has 112 valence electrons. The summed E-state index contributed by atoms with van der Waals surface area (Å²) in [6, 6.07) is 5.39. The molecule has 1 saturated heterocycles. The molecule has 2 unspecified atom stereocenters. The number of piperazine rings is 1. The van der Waals surface area contributed by atoms with Crippen molar-refractivity contribution in [3.63, 3.8) is 0 Å². The number of rotatable bonds is 4. The number of nitrogens with zero attached hydrogens (tertiary/aromatic N) is 2. The van der Waals surface area contributed by atoms with Crippen LogP contribution < -0.4 is 5.73 Å². The lowest BCUT2D eigenvalue weighted by atomic mass is 9.98. The number of hydrogen-bond donors (Lipinski definition) is 1. The minimum atomic E-state index is -0.377. The van der Waals surface area contributed by atoms with Crippen LogP contribution >= 0.6 is 11.6 Å². The lowest BCUT2D eigenvalue weighted by Crippen LogP contribution is -2.51. The fourth-order valence-electron chi connectivity index (χ4n) is 2.76. The molecule has 2 atom stereocenters. The van der Waals surface area contributed by atoms with Crippen molar-refractivity contribution < 1.29 is 4.39 Å². The molecule has 1 aliphatic heterocycles. The van der Waals surface area contributed by atoms with Gasteiger partial charge in [-0.2, -0.15) is 0 Å². The minimum Gasteiger partial charge on any atom is -0.327 e. The van der Waals surface area contributed by atoms with Gasteiger partial charge in [0.15, 0.2) is 0 Å². The topological polar surface area (TPSA) is 32.5 Å². The first kappa shape index (κ1) is 15.7. The fourth-order valence-corrected chi connectivity index (χ4v) is 2.96. The summed E-state index contributed by atoms with van der Waals surface area (Å²) in [5.41, 5.74) is 7.25. The number of halogens is 2. The molecule has 5 heteroatoms. The predicted octanol–water partition coefficient (Wildman–Crippen LogP) is 1.98. The summed E-state index contributed by atoms with van der Waals surface area (Å²) < 4.78 is 13.1. The lowest BCUT2D eigenvalue weighted by Gasteiger charge is -2.38. The molecular formula is C15H23ClFN3. The van der Waals surface area contributed by atoms with Gasteiger partial charge in [-0.1, -0.05) is 17.7 Å². The van der Waals surface area contributed by atoms with Crippen molar-refractivity contribution in [3.05, 3.63) is 34.6 Å². The van der Waals surface area contributed by atoms with Crippen molar-refractivity contribution >= 4 is 11.6 Å². The Morgan fingerprint density at radius 3 is 2.85 bits per heavy atom. The zero-order valence-corrected chi connectivity index (χ0v) is 12.9. The standard InChI is InChI=1S/C15H23ClFN3/c1-19-5-6-20(2)13(10-19)9-12(18)7-11-3-4-15(17)14(16)8-11/h3-4,8,12-13H,5-7,9-10,18H2,1-2H3. The Morgan fingerprint density at radius 1 is 1.40 bits per heavy atom. The second-order valence-electron chi connectivity index (χ2n) is 5.85. The number of nitrogens with two attached hydrogens (primary N) is 1. The van der Waals surface area contributed by atoms with Crippen molar-refractivity contribution in [2.45, 2.75) is 24.9 Å². The van der Waals surface area contributed by atoms with Crippen LogP contribution in [0.4, 0.5) is 4.39 Å². The Morgan fingerprint density at radius 2 is 2.15 bits per heavy atom. The van der Waals surface area contributed by atoms with Crippen molar-refractivity contribution in [3.8, 4) is 0 Å². The van der Waals surface area contributed by atoms with Crippen LogP contribution in [-0.4, -0.2) is 55.6 Å². The van der Waals surface area contributed by atoms with Gasteiger partial charge < -0.3 is 15.5 Å². The fraction of sp³-hybridized carbons (Fsp3) is 0.600. The van der Waals surface area contributed by atoms with Crippen LogP contribution in [0.25, 0.3) is 0 Å². The van der Waals surface area contributed by atoms with Crippen LogP contribution in [-0.2, 0) is 6.42 Å². The van der Waals surface area contributed by atoms with E-state index in [9.17, 15) is 4.39 Å². The molecule has 2 N–H and O–H groups in total. The maximum atomic E-state index is 13.1. The highest BCUT2D eigenvalue weighted by Gasteiger charge is 2.24. The maximum absolute atomic E-state index is 13.1. The molecule has 3 nitrogen and oxygen atoms in total. The molecule has 1 aromatic carbocycles. The molecule has 1 fully saturated rings.